The highest BCUT2D eigenvalue weighted by Crippen LogP contribution is 2.02. The van der Waals surface area contributed by atoms with Gasteiger partial charge in [0, 0.05) is 0 Å². The van der Waals surface area contributed by atoms with Crippen molar-refractivity contribution < 1.29 is 22.9 Å². The Kier molecular flexibility index (Phi) is 3.47. The molecule has 0 saturated heterocycles. The van der Waals surface area contributed by atoms with E-state index in [0.29, 0.717) is 0 Å². The number of aliphatic carboxylic acids is 1. The van der Waals surface area contributed by atoms with Crippen LogP contribution < -0.4 is 0 Å². The molecule has 0 aromatic heterocycles. The molecule has 1 atom stereocenters. The second-order valence-corrected chi connectivity index (χ2v) is 3.89. The van der Waals surface area contributed by atoms with Gasteiger partial charge in [-0.1, -0.05) is 6.92 Å². The van der Waals surface area contributed by atoms with Crippen LogP contribution >= 0.6 is 0 Å². The molecule has 0 aliphatic carbocycles. The molecule has 0 amide bonds. The van der Waals surface area contributed by atoms with Gasteiger partial charge in [0.2, 0.25) is 0 Å². The standard InChI is InChI=1S/C5H10O5S/c1-4(5(6)7)2-3-11(8,9)10/h4H,2-3H2,1H3,(H,6,7)(H,8,9,10). The van der Waals surface area contributed by atoms with Crippen molar-refractivity contribution >= 4 is 16.1 Å². The van der Waals surface area contributed by atoms with Gasteiger partial charge in [-0.3, -0.25) is 9.35 Å². The van der Waals surface area contributed by atoms with Gasteiger partial charge in [0.25, 0.3) is 10.1 Å². The van der Waals surface area contributed by atoms with Gasteiger partial charge < -0.3 is 5.11 Å². The van der Waals surface area contributed by atoms with E-state index in [1.807, 2.05) is 0 Å². The average molecular weight is 182 g/mol. The van der Waals surface area contributed by atoms with Crippen molar-refractivity contribution in [2.24, 2.45) is 5.92 Å². The summed E-state index contributed by atoms with van der Waals surface area (Å²) in [7, 11) is -4.02. The van der Waals surface area contributed by atoms with Crippen LogP contribution in [0.25, 0.3) is 0 Å². The lowest BCUT2D eigenvalue weighted by Gasteiger charge is -2.02. The van der Waals surface area contributed by atoms with E-state index in [2.05, 4.69) is 0 Å². The summed E-state index contributed by atoms with van der Waals surface area (Å²) in [4.78, 5) is 10.1. The first-order valence-corrected chi connectivity index (χ1v) is 4.62. The Morgan fingerprint density at radius 2 is 2.00 bits per heavy atom. The van der Waals surface area contributed by atoms with Crippen molar-refractivity contribution in [3.8, 4) is 0 Å². The van der Waals surface area contributed by atoms with Crippen molar-refractivity contribution in [2.75, 3.05) is 5.75 Å². The molecule has 2 N–H and O–H groups in total. The molecule has 0 spiro atoms. The second-order valence-electron chi connectivity index (χ2n) is 2.31. The maximum Gasteiger partial charge on any atom is 0.306 e. The third-order valence-electron chi connectivity index (χ3n) is 1.23. The molecule has 0 aromatic rings. The van der Waals surface area contributed by atoms with Gasteiger partial charge in [0.1, 0.15) is 0 Å². The van der Waals surface area contributed by atoms with Crippen LogP contribution in [-0.4, -0.2) is 29.8 Å². The normalized spacial score (nSPS) is 14.4. The van der Waals surface area contributed by atoms with Crippen LogP contribution in [-0.2, 0) is 14.9 Å². The fourth-order valence-electron chi connectivity index (χ4n) is 0.449. The lowest BCUT2D eigenvalue weighted by atomic mass is 10.1. The molecule has 5 nitrogen and oxygen atoms in total. The molecule has 0 aliphatic heterocycles. The molecule has 0 heterocycles. The minimum atomic E-state index is -4.02. The summed E-state index contributed by atoms with van der Waals surface area (Å²) in [5.41, 5.74) is 0. The van der Waals surface area contributed by atoms with E-state index < -0.39 is 27.8 Å². The summed E-state index contributed by atoms with van der Waals surface area (Å²) >= 11 is 0. The smallest absolute Gasteiger partial charge is 0.306 e. The Hall–Kier alpha value is -0.620. The first-order valence-electron chi connectivity index (χ1n) is 3.01. The Bertz CT molecular complexity index is 229. The summed E-state index contributed by atoms with van der Waals surface area (Å²) in [5, 5.41) is 8.30. The Balaban J connectivity index is 3.82. The van der Waals surface area contributed by atoms with Gasteiger partial charge in [0.05, 0.1) is 11.7 Å². The number of hydrogen-bond acceptors (Lipinski definition) is 3. The molecule has 0 fully saturated rings. The summed E-state index contributed by atoms with van der Waals surface area (Å²) in [6, 6.07) is 0. The minimum absolute atomic E-state index is 0.0613. The third-order valence-corrected chi connectivity index (χ3v) is 1.98. The molecule has 0 radical (unpaired) electrons. The van der Waals surface area contributed by atoms with Crippen LogP contribution in [0, 0.1) is 5.92 Å². The van der Waals surface area contributed by atoms with Crippen molar-refractivity contribution in [2.45, 2.75) is 13.3 Å². The number of carboxylic acids is 1. The fraction of sp³-hybridized carbons (Fsp3) is 0.800. The van der Waals surface area contributed by atoms with E-state index >= 15 is 0 Å². The first-order chi connectivity index (χ1) is 4.83. The summed E-state index contributed by atoms with van der Waals surface area (Å²) in [6.45, 7) is 1.38. The summed E-state index contributed by atoms with van der Waals surface area (Å²) < 4.78 is 28.5. The number of rotatable bonds is 4. The van der Waals surface area contributed by atoms with Crippen molar-refractivity contribution in [3.05, 3.63) is 0 Å². The molecule has 0 aromatic carbocycles. The quantitative estimate of drug-likeness (QED) is 0.596. The molecule has 0 saturated carbocycles. The second kappa shape index (κ2) is 3.68. The first kappa shape index (κ1) is 10.4. The molecule has 0 aliphatic rings. The van der Waals surface area contributed by atoms with E-state index in [0.717, 1.165) is 0 Å². The SMILES string of the molecule is CC(CCS(=O)(=O)O)C(=O)O. The molecule has 1 unspecified atom stereocenters. The highest BCUT2D eigenvalue weighted by Gasteiger charge is 2.14. The number of hydrogen-bond donors (Lipinski definition) is 2. The lowest BCUT2D eigenvalue weighted by Crippen LogP contribution is -2.14. The third kappa shape index (κ3) is 5.81. The minimum Gasteiger partial charge on any atom is -0.481 e. The van der Waals surface area contributed by atoms with Crippen molar-refractivity contribution in [3.63, 3.8) is 0 Å². The zero-order valence-corrected chi connectivity index (χ0v) is 6.84. The van der Waals surface area contributed by atoms with Crippen molar-refractivity contribution in [1.29, 1.82) is 0 Å². The van der Waals surface area contributed by atoms with Gasteiger partial charge in [-0.05, 0) is 6.42 Å². The molecular weight excluding hydrogens is 172 g/mol. The zero-order chi connectivity index (χ0) is 9.07. The van der Waals surface area contributed by atoms with Gasteiger partial charge in [-0.2, -0.15) is 8.42 Å². The van der Waals surface area contributed by atoms with Crippen LogP contribution in [0.3, 0.4) is 0 Å². The maximum atomic E-state index is 10.1. The van der Waals surface area contributed by atoms with Crippen LogP contribution in [0.1, 0.15) is 13.3 Å². The maximum absolute atomic E-state index is 10.1. The van der Waals surface area contributed by atoms with Gasteiger partial charge >= 0.3 is 5.97 Å². The topological polar surface area (TPSA) is 91.7 Å². The monoisotopic (exact) mass is 182 g/mol. The van der Waals surface area contributed by atoms with E-state index in [-0.39, 0.29) is 6.42 Å². The number of carboxylic acid groups (broad SMARTS) is 1. The zero-order valence-electron chi connectivity index (χ0n) is 6.02. The average Bonchev–Trinajstić information content (AvgIpc) is 1.80. The highest BCUT2D eigenvalue weighted by atomic mass is 32.2. The highest BCUT2D eigenvalue weighted by molar-refractivity contribution is 7.85. The van der Waals surface area contributed by atoms with E-state index in [1.54, 1.807) is 0 Å². The van der Waals surface area contributed by atoms with Gasteiger partial charge in [-0.25, -0.2) is 0 Å². The molecule has 6 heteroatoms. The molecule has 0 rings (SSSR count). The molecule has 0 bridgehead atoms. The van der Waals surface area contributed by atoms with Crippen molar-refractivity contribution in [1.82, 2.24) is 0 Å². The lowest BCUT2D eigenvalue weighted by molar-refractivity contribution is -0.141. The molecule has 11 heavy (non-hydrogen) atoms. The van der Waals surface area contributed by atoms with Gasteiger partial charge in [-0.15, -0.1) is 0 Å². The van der Waals surface area contributed by atoms with Gasteiger partial charge in [0.15, 0.2) is 0 Å². The molecular formula is C5H10O5S. The predicted molar refractivity (Wildman–Crippen MR) is 37.8 cm³/mol. The Labute approximate surface area is 64.8 Å². The molecule has 66 valence electrons. The summed E-state index contributed by atoms with van der Waals surface area (Å²) in [6.07, 6.45) is -0.0613. The Morgan fingerprint density at radius 3 is 2.27 bits per heavy atom. The Morgan fingerprint density at radius 1 is 1.55 bits per heavy atom. The van der Waals surface area contributed by atoms with E-state index in [4.69, 9.17) is 9.66 Å². The van der Waals surface area contributed by atoms with Crippen LogP contribution in [0.15, 0.2) is 0 Å². The van der Waals surface area contributed by atoms with E-state index in [1.165, 1.54) is 6.92 Å². The largest absolute Gasteiger partial charge is 0.481 e. The summed E-state index contributed by atoms with van der Waals surface area (Å²) in [5.74, 6) is -2.30. The van der Waals surface area contributed by atoms with Crippen LogP contribution in [0.2, 0.25) is 0 Å². The van der Waals surface area contributed by atoms with Crippen LogP contribution in [0.5, 0.6) is 0 Å². The van der Waals surface area contributed by atoms with E-state index in [9.17, 15) is 13.2 Å². The number of carbonyl (C=O) groups is 1. The van der Waals surface area contributed by atoms with Crippen LogP contribution in [0.4, 0.5) is 0 Å². The fourth-order valence-corrected chi connectivity index (χ4v) is 1.10. The predicted octanol–water partition coefficient (Wildman–Crippen LogP) is -0.0150.